The summed E-state index contributed by atoms with van der Waals surface area (Å²) in [6.45, 7) is 4.09. The van der Waals surface area contributed by atoms with Gasteiger partial charge in [-0.05, 0) is 80.3 Å². The number of carbonyl (C=O) groups excluding carboxylic acids is 1. The molecular formula is C30H29F3O3. The maximum absolute atomic E-state index is 14.8. The largest absolute Gasteiger partial charge is 0.491 e. The number of halogens is 3. The van der Waals surface area contributed by atoms with Crippen LogP contribution in [0, 0.1) is 17.5 Å². The van der Waals surface area contributed by atoms with Crippen LogP contribution in [0.5, 0.6) is 5.75 Å². The lowest BCUT2D eigenvalue weighted by Gasteiger charge is -2.28. The van der Waals surface area contributed by atoms with Crippen molar-refractivity contribution in [2.75, 3.05) is 6.61 Å². The lowest BCUT2D eigenvalue weighted by molar-refractivity contribution is 0.0189. The Balaban J connectivity index is 1.39. The average Bonchev–Trinajstić information content (AvgIpc) is 2.88. The number of carbonyl (C=O) groups is 1. The quantitative estimate of drug-likeness (QED) is 0.312. The molecule has 1 fully saturated rings. The van der Waals surface area contributed by atoms with E-state index in [0.29, 0.717) is 37.9 Å². The lowest BCUT2D eigenvalue weighted by Crippen LogP contribution is -2.24. The zero-order chi connectivity index (χ0) is 25.7. The van der Waals surface area contributed by atoms with E-state index in [0.717, 1.165) is 11.1 Å². The smallest absolute Gasteiger partial charge is 0.341 e. The van der Waals surface area contributed by atoms with Gasteiger partial charge in [0.2, 0.25) is 0 Å². The van der Waals surface area contributed by atoms with Crippen LogP contribution < -0.4 is 4.74 Å². The normalized spacial score (nSPS) is 17.8. The molecule has 1 aliphatic carbocycles. The molecule has 0 spiro atoms. The number of benzene rings is 3. The average molecular weight is 495 g/mol. The van der Waals surface area contributed by atoms with E-state index in [-0.39, 0.29) is 17.2 Å². The zero-order valence-corrected chi connectivity index (χ0v) is 20.4. The molecule has 0 unspecified atom stereocenters. The molecule has 0 aromatic heterocycles. The minimum atomic E-state index is -1.21. The number of esters is 1. The Labute approximate surface area is 209 Å². The van der Waals surface area contributed by atoms with E-state index in [9.17, 15) is 18.0 Å². The van der Waals surface area contributed by atoms with Crippen LogP contribution in [-0.4, -0.2) is 18.7 Å². The molecule has 0 amide bonds. The van der Waals surface area contributed by atoms with Gasteiger partial charge in [-0.3, -0.25) is 0 Å². The van der Waals surface area contributed by atoms with Gasteiger partial charge in [-0.15, -0.1) is 0 Å². The Morgan fingerprint density at radius 2 is 1.67 bits per heavy atom. The van der Waals surface area contributed by atoms with Crippen LogP contribution in [0.3, 0.4) is 0 Å². The van der Waals surface area contributed by atoms with E-state index in [1.807, 2.05) is 37.3 Å². The minimum absolute atomic E-state index is 0.0826. The Kier molecular flexibility index (Phi) is 8.14. The van der Waals surface area contributed by atoms with E-state index in [1.54, 1.807) is 25.1 Å². The molecule has 3 aromatic rings. The molecule has 4 rings (SSSR count). The second-order valence-corrected chi connectivity index (χ2v) is 8.91. The number of ether oxygens (including phenoxy) is 2. The van der Waals surface area contributed by atoms with E-state index in [4.69, 9.17) is 9.47 Å². The minimum Gasteiger partial charge on any atom is -0.491 e. The summed E-state index contributed by atoms with van der Waals surface area (Å²) in [5.74, 6) is -3.19. The standard InChI is InChI=1S/C30H29F3O3/c1-3-5-19-6-8-21(9-7-19)24-15-16-25(29(33)28(24)32)30(34)36-23-13-10-20(11-14-23)22-12-17-27(35-4-2)26(31)18-22/h3,5-9,12,15-18,20,23H,4,10-11,13-14H2,1-2H3. The molecule has 0 heterocycles. The van der Waals surface area contributed by atoms with Crippen LogP contribution in [0.15, 0.2) is 60.7 Å². The first-order valence-electron chi connectivity index (χ1n) is 12.3. The van der Waals surface area contributed by atoms with Crippen molar-refractivity contribution in [3.63, 3.8) is 0 Å². The van der Waals surface area contributed by atoms with Crippen molar-refractivity contribution in [3.05, 3.63) is 94.8 Å². The van der Waals surface area contributed by atoms with Gasteiger partial charge >= 0.3 is 5.97 Å². The van der Waals surface area contributed by atoms with Crippen molar-refractivity contribution in [1.82, 2.24) is 0 Å². The molecule has 3 nitrogen and oxygen atoms in total. The summed E-state index contributed by atoms with van der Waals surface area (Å²) in [6.07, 6.45) is 5.92. The highest BCUT2D eigenvalue weighted by atomic mass is 19.2. The van der Waals surface area contributed by atoms with Gasteiger partial charge in [-0.25, -0.2) is 18.0 Å². The third kappa shape index (κ3) is 5.64. The summed E-state index contributed by atoms with van der Waals surface area (Å²) in [7, 11) is 0. The van der Waals surface area contributed by atoms with Gasteiger partial charge in [-0.2, -0.15) is 0 Å². The van der Waals surface area contributed by atoms with Crippen LogP contribution in [-0.2, 0) is 4.74 Å². The molecule has 0 bridgehead atoms. The number of hydrogen-bond acceptors (Lipinski definition) is 3. The maximum Gasteiger partial charge on any atom is 0.341 e. The predicted molar refractivity (Wildman–Crippen MR) is 134 cm³/mol. The van der Waals surface area contributed by atoms with Crippen molar-refractivity contribution in [2.45, 2.75) is 51.6 Å². The van der Waals surface area contributed by atoms with Crippen LogP contribution >= 0.6 is 0 Å². The first kappa shape index (κ1) is 25.5. The molecule has 3 aromatic carbocycles. The molecule has 188 valence electrons. The molecular weight excluding hydrogens is 465 g/mol. The first-order chi connectivity index (χ1) is 17.4. The van der Waals surface area contributed by atoms with Gasteiger partial charge in [0.15, 0.2) is 23.2 Å². The lowest BCUT2D eigenvalue weighted by atomic mass is 9.82. The molecule has 1 aliphatic rings. The Morgan fingerprint density at radius 1 is 0.944 bits per heavy atom. The molecule has 1 saturated carbocycles. The van der Waals surface area contributed by atoms with Crippen LogP contribution in [0.25, 0.3) is 17.2 Å². The summed E-state index contributed by atoms with van der Waals surface area (Å²) in [4.78, 5) is 12.6. The summed E-state index contributed by atoms with van der Waals surface area (Å²) >= 11 is 0. The van der Waals surface area contributed by atoms with Gasteiger partial charge in [0.05, 0.1) is 12.2 Å². The van der Waals surface area contributed by atoms with Crippen molar-refractivity contribution in [2.24, 2.45) is 0 Å². The molecule has 0 atom stereocenters. The monoisotopic (exact) mass is 494 g/mol. The number of hydrogen-bond donors (Lipinski definition) is 0. The second-order valence-electron chi connectivity index (χ2n) is 8.91. The van der Waals surface area contributed by atoms with Gasteiger partial charge < -0.3 is 9.47 Å². The van der Waals surface area contributed by atoms with E-state index < -0.39 is 35.1 Å². The maximum atomic E-state index is 14.8. The highest BCUT2D eigenvalue weighted by Gasteiger charge is 2.28. The molecule has 0 aliphatic heterocycles. The van der Waals surface area contributed by atoms with Crippen molar-refractivity contribution < 1.29 is 27.4 Å². The third-order valence-corrected chi connectivity index (χ3v) is 6.56. The topological polar surface area (TPSA) is 35.5 Å². The number of allylic oxidation sites excluding steroid dienone is 1. The van der Waals surface area contributed by atoms with Crippen molar-refractivity contribution in [3.8, 4) is 16.9 Å². The SMILES string of the molecule is CC=Cc1ccc(-c2ccc(C(=O)OC3CCC(c4ccc(OCC)c(F)c4)CC3)c(F)c2F)cc1. The molecule has 36 heavy (non-hydrogen) atoms. The zero-order valence-electron chi connectivity index (χ0n) is 20.4. The van der Waals surface area contributed by atoms with Gasteiger partial charge in [0, 0.05) is 5.56 Å². The fraction of sp³-hybridized carbons (Fsp3) is 0.300. The van der Waals surface area contributed by atoms with Gasteiger partial charge in [0.1, 0.15) is 6.10 Å². The fourth-order valence-corrected chi connectivity index (χ4v) is 4.67. The van der Waals surface area contributed by atoms with Crippen molar-refractivity contribution >= 4 is 12.0 Å². The Bertz CT molecular complexity index is 1240. The van der Waals surface area contributed by atoms with E-state index >= 15 is 0 Å². The molecule has 6 heteroatoms. The highest BCUT2D eigenvalue weighted by Crippen LogP contribution is 2.36. The predicted octanol–water partition coefficient (Wildman–Crippen LogP) is 8.09. The summed E-state index contributed by atoms with van der Waals surface area (Å²) in [5.41, 5.74) is 2.01. The summed E-state index contributed by atoms with van der Waals surface area (Å²) in [5, 5.41) is 0. The number of rotatable bonds is 7. The van der Waals surface area contributed by atoms with E-state index in [1.165, 1.54) is 18.2 Å². The van der Waals surface area contributed by atoms with Gasteiger partial charge in [-0.1, -0.05) is 48.6 Å². The molecule has 0 saturated heterocycles. The highest BCUT2D eigenvalue weighted by molar-refractivity contribution is 5.90. The second kappa shape index (κ2) is 11.5. The molecule has 0 radical (unpaired) electrons. The van der Waals surface area contributed by atoms with Crippen LogP contribution in [0.1, 0.15) is 66.9 Å². The van der Waals surface area contributed by atoms with Crippen molar-refractivity contribution in [1.29, 1.82) is 0 Å². The Hall–Kier alpha value is -3.54. The molecule has 0 N–H and O–H groups in total. The first-order valence-corrected chi connectivity index (χ1v) is 12.3. The summed E-state index contributed by atoms with van der Waals surface area (Å²) in [6, 6.07) is 14.7. The van der Waals surface area contributed by atoms with Gasteiger partial charge in [0.25, 0.3) is 0 Å². The van der Waals surface area contributed by atoms with Crippen LogP contribution in [0.2, 0.25) is 0 Å². The van der Waals surface area contributed by atoms with Crippen LogP contribution in [0.4, 0.5) is 13.2 Å². The van der Waals surface area contributed by atoms with E-state index in [2.05, 4.69) is 0 Å². The third-order valence-electron chi connectivity index (χ3n) is 6.56. The summed E-state index contributed by atoms with van der Waals surface area (Å²) < 4.78 is 54.7. The fourth-order valence-electron chi connectivity index (χ4n) is 4.67. The Morgan fingerprint density at radius 3 is 2.31 bits per heavy atom.